The first-order valence-corrected chi connectivity index (χ1v) is 8.67. The van der Waals surface area contributed by atoms with Gasteiger partial charge >= 0.3 is 0 Å². The van der Waals surface area contributed by atoms with Gasteiger partial charge in [-0.05, 0) is 61.7 Å². The fraction of sp³-hybridized carbons (Fsp3) is 0.833. The monoisotopic (exact) mass is 289 g/mol. The second-order valence-electron chi connectivity index (χ2n) is 8.03. The van der Waals surface area contributed by atoms with E-state index >= 15 is 0 Å². The zero-order valence-electron chi connectivity index (χ0n) is 13.2. The van der Waals surface area contributed by atoms with Crippen LogP contribution in [0.4, 0.5) is 0 Å². The summed E-state index contributed by atoms with van der Waals surface area (Å²) in [6.07, 6.45) is 9.72. The lowest BCUT2D eigenvalue weighted by Crippen LogP contribution is -2.49. The predicted molar refractivity (Wildman–Crippen MR) is 81.2 cm³/mol. The lowest BCUT2D eigenvalue weighted by Gasteiger charge is -2.53. The van der Waals surface area contributed by atoms with Gasteiger partial charge in [0.05, 0.1) is 6.10 Å². The molecule has 4 aliphatic rings. The maximum atomic E-state index is 11.9. The molecule has 0 aromatic heterocycles. The summed E-state index contributed by atoms with van der Waals surface area (Å²) in [5.74, 6) is 3.04. The molecule has 4 rings (SSSR count). The molecular formula is C18H27NO2. The Morgan fingerprint density at radius 2 is 2.05 bits per heavy atom. The first-order chi connectivity index (χ1) is 10.0. The number of carbonyl (C=O) groups is 1. The van der Waals surface area contributed by atoms with Crippen LogP contribution in [-0.4, -0.2) is 29.1 Å². The standard InChI is InChI=1S/C18H27NO2/c1-18-10-9-11-12(14(18)5-7-16(18)20)3-6-15-13(11)4-8-17(21)19(15)2/h6,11-14,16,20H,3-5,7-10H2,1-2H3/t11-,12+,13+,14-,16-,18-/m0/s1. The van der Waals surface area contributed by atoms with Gasteiger partial charge in [0.1, 0.15) is 0 Å². The smallest absolute Gasteiger partial charge is 0.226 e. The van der Waals surface area contributed by atoms with Crippen molar-refractivity contribution in [1.82, 2.24) is 4.90 Å². The number of likely N-dealkylation sites (tertiary alicyclic amines) is 1. The Labute approximate surface area is 127 Å². The molecule has 0 aromatic carbocycles. The highest BCUT2D eigenvalue weighted by molar-refractivity contribution is 5.79. The minimum Gasteiger partial charge on any atom is -0.393 e. The van der Waals surface area contributed by atoms with E-state index in [0.29, 0.717) is 18.3 Å². The molecule has 3 aliphatic carbocycles. The first kappa shape index (κ1) is 13.8. The van der Waals surface area contributed by atoms with Crippen LogP contribution >= 0.6 is 0 Å². The molecule has 3 heteroatoms. The normalized spacial score (nSPS) is 49.3. The maximum absolute atomic E-state index is 11.9. The molecule has 0 radical (unpaired) electrons. The molecule has 1 heterocycles. The van der Waals surface area contributed by atoms with Crippen LogP contribution in [0, 0.1) is 29.1 Å². The van der Waals surface area contributed by atoms with Gasteiger partial charge in [0.15, 0.2) is 0 Å². The van der Waals surface area contributed by atoms with Crippen molar-refractivity contribution in [3.63, 3.8) is 0 Å². The van der Waals surface area contributed by atoms with Crippen molar-refractivity contribution in [1.29, 1.82) is 0 Å². The van der Waals surface area contributed by atoms with Crippen molar-refractivity contribution < 1.29 is 9.90 Å². The average Bonchev–Trinajstić information content (AvgIpc) is 2.78. The number of fused-ring (bicyclic) bond motifs is 5. The first-order valence-electron chi connectivity index (χ1n) is 8.67. The fourth-order valence-electron chi connectivity index (χ4n) is 6.09. The Morgan fingerprint density at radius 1 is 1.24 bits per heavy atom. The molecule has 1 amide bonds. The van der Waals surface area contributed by atoms with E-state index in [4.69, 9.17) is 0 Å². The summed E-state index contributed by atoms with van der Waals surface area (Å²) >= 11 is 0. The van der Waals surface area contributed by atoms with E-state index in [1.807, 2.05) is 11.9 Å². The van der Waals surface area contributed by atoms with Crippen molar-refractivity contribution in [3.8, 4) is 0 Å². The lowest BCUT2D eigenvalue weighted by atomic mass is 9.54. The molecule has 3 nitrogen and oxygen atoms in total. The van der Waals surface area contributed by atoms with Gasteiger partial charge in [-0.25, -0.2) is 0 Å². The lowest BCUT2D eigenvalue weighted by molar-refractivity contribution is -0.132. The molecule has 3 fully saturated rings. The summed E-state index contributed by atoms with van der Waals surface area (Å²) in [7, 11) is 1.95. The number of hydrogen-bond acceptors (Lipinski definition) is 2. The molecule has 0 unspecified atom stereocenters. The van der Waals surface area contributed by atoms with E-state index in [2.05, 4.69) is 13.0 Å². The molecule has 1 N–H and O–H groups in total. The number of rotatable bonds is 0. The minimum absolute atomic E-state index is 0.0931. The summed E-state index contributed by atoms with van der Waals surface area (Å²) in [6.45, 7) is 2.32. The van der Waals surface area contributed by atoms with Gasteiger partial charge in [-0.2, -0.15) is 0 Å². The van der Waals surface area contributed by atoms with Gasteiger partial charge in [-0.15, -0.1) is 0 Å². The predicted octanol–water partition coefficient (Wildman–Crippen LogP) is 2.95. The van der Waals surface area contributed by atoms with Crippen molar-refractivity contribution in [2.24, 2.45) is 29.1 Å². The van der Waals surface area contributed by atoms with Crippen molar-refractivity contribution in [3.05, 3.63) is 11.8 Å². The van der Waals surface area contributed by atoms with E-state index in [-0.39, 0.29) is 17.4 Å². The molecule has 0 aromatic rings. The highest BCUT2D eigenvalue weighted by atomic mass is 16.3. The summed E-state index contributed by atoms with van der Waals surface area (Å²) in [5, 5.41) is 10.4. The largest absolute Gasteiger partial charge is 0.393 e. The molecule has 1 aliphatic heterocycles. The van der Waals surface area contributed by atoms with E-state index in [9.17, 15) is 9.90 Å². The van der Waals surface area contributed by atoms with Gasteiger partial charge in [0.25, 0.3) is 0 Å². The molecule has 0 bridgehead atoms. The third-order valence-corrected chi connectivity index (χ3v) is 7.37. The van der Waals surface area contributed by atoms with Crippen LogP contribution in [-0.2, 0) is 4.79 Å². The maximum Gasteiger partial charge on any atom is 0.226 e. The van der Waals surface area contributed by atoms with Crippen molar-refractivity contribution >= 4 is 5.91 Å². The molecule has 0 spiro atoms. The molecule has 2 saturated carbocycles. The average molecular weight is 289 g/mol. The Hall–Kier alpha value is -0.830. The third-order valence-electron chi connectivity index (χ3n) is 7.37. The Bertz CT molecular complexity index is 499. The highest BCUT2D eigenvalue weighted by Gasteiger charge is 2.56. The number of aliphatic hydroxyl groups is 1. The molecule has 6 atom stereocenters. The van der Waals surface area contributed by atoms with E-state index in [1.54, 1.807) is 0 Å². The Kier molecular flexibility index (Phi) is 3.01. The SMILES string of the molecule is CN1C(=O)CC[C@H]2C1=CC[C@@H]1[C@@H]2CC[C@]2(C)[C@@H](O)CC[C@@H]12. The van der Waals surface area contributed by atoms with Crippen molar-refractivity contribution in [2.45, 2.75) is 58.0 Å². The van der Waals surface area contributed by atoms with Gasteiger partial charge in [0, 0.05) is 25.1 Å². The van der Waals surface area contributed by atoms with Crippen LogP contribution in [0.1, 0.15) is 51.9 Å². The summed E-state index contributed by atoms with van der Waals surface area (Å²) in [5.41, 5.74) is 1.46. The van der Waals surface area contributed by atoms with Gasteiger partial charge in [-0.1, -0.05) is 13.0 Å². The second kappa shape index (κ2) is 4.58. The number of amides is 1. The summed E-state index contributed by atoms with van der Waals surface area (Å²) < 4.78 is 0. The highest BCUT2D eigenvalue weighted by Crippen LogP contribution is 2.60. The van der Waals surface area contributed by atoms with Crippen LogP contribution < -0.4 is 0 Å². The van der Waals surface area contributed by atoms with Crippen molar-refractivity contribution in [2.75, 3.05) is 7.05 Å². The zero-order valence-corrected chi connectivity index (χ0v) is 13.2. The van der Waals surface area contributed by atoms with Crippen LogP contribution in [0.15, 0.2) is 11.8 Å². The quantitative estimate of drug-likeness (QED) is 0.745. The second-order valence-corrected chi connectivity index (χ2v) is 8.03. The number of carbonyl (C=O) groups excluding carboxylic acids is 1. The number of hydrogen-bond donors (Lipinski definition) is 1. The van der Waals surface area contributed by atoms with E-state index in [1.165, 1.54) is 25.0 Å². The van der Waals surface area contributed by atoms with Gasteiger partial charge in [0.2, 0.25) is 5.91 Å². The summed E-state index contributed by atoms with van der Waals surface area (Å²) in [6, 6.07) is 0. The fourth-order valence-corrected chi connectivity index (χ4v) is 6.09. The Morgan fingerprint density at radius 3 is 2.86 bits per heavy atom. The molecule has 116 valence electrons. The number of aliphatic hydroxyl groups excluding tert-OH is 1. The van der Waals surface area contributed by atoms with Gasteiger partial charge < -0.3 is 10.0 Å². The number of piperidine rings is 1. The minimum atomic E-state index is -0.0931. The number of allylic oxidation sites excluding steroid dienone is 2. The van der Waals surface area contributed by atoms with E-state index in [0.717, 1.165) is 31.1 Å². The van der Waals surface area contributed by atoms with E-state index < -0.39 is 0 Å². The van der Waals surface area contributed by atoms with Crippen LogP contribution in [0.25, 0.3) is 0 Å². The summed E-state index contributed by atoms with van der Waals surface area (Å²) in [4.78, 5) is 13.9. The molecule has 1 saturated heterocycles. The molecule has 21 heavy (non-hydrogen) atoms. The zero-order chi connectivity index (χ0) is 14.8. The third kappa shape index (κ3) is 1.79. The molecular weight excluding hydrogens is 262 g/mol. The van der Waals surface area contributed by atoms with Crippen LogP contribution in [0.2, 0.25) is 0 Å². The van der Waals surface area contributed by atoms with Crippen LogP contribution in [0.3, 0.4) is 0 Å². The number of nitrogens with zero attached hydrogens (tertiary/aromatic N) is 1. The van der Waals surface area contributed by atoms with Crippen LogP contribution in [0.5, 0.6) is 0 Å². The Balaban J connectivity index is 1.65. The topological polar surface area (TPSA) is 40.5 Å². The van der Waals surface area contributed by atoms with Gasteiger partial charge in [-0.3, -0.25) is 4.79 Å².